The molecular formula is C31H26N6O3. The SMILES string of the molecule is COc1ccc(-c2nn(-c3ccccc3)cc2/C=C(\C#N)C(=O)Nc2c(C)n(C)n(-c3ccccc3)c2=O)cc1. The first-order chi connectivity index (χ1) is 19.4. The fourth-order valence-corrected chi connectivity index (χ4v) is 4.38. The van der Waals surface area contributed by atoms with Crippen LogP contribution < -0.4 is 15.6 Å². The van der Waals surface area contributed by atoms with Gasteiger partial charge in [-0.25, -0.2) is 9.36 Å². The number of nitrogens with zero attached hydrogens (tertiary/aromatic N) is 5. The molecule has 1 N–H and O–H groups in total. The Morgan fingerprint density at radius 2 is 1.60 bits per heavy atom. The molecule has 9 nitrogen and oxygen atoms in total. The van der Waals surface area contributed by atoms with Gasteiger partial charge in [0.2, 0.25) is 0 Å². The zero-order chi connectivity index (χ0) is 28.2. The van der Waals surface area contributed by atoms with E-state index in [1.807, 2.05) is 78.9 Å². The predicted octanol–water partition coefficient (Wildman–Crippen LogP) is 4.89. The van der Waals surface area contributed by atoms with Crippen LogP contribution in [-0.4, -0.2) is 32.2 Å². The fraction of sp³-hybridized carbons (Fsp3) is 0.0968. The molecule has 198 valence electrons. The Hall–Kier alpha value is -5.62. The highest BCUT2D eigenvalue weighted by Crippen LogP contribution is 2.28. The van der Waals surface area contributed by atoms with Crippen molar-refractivity contribution in [1.29, 1.82) is 5.26 Å². The number of anilines is 1. The van der Waals surface area contributed by atoms with Gasteiger partial charge in [0.05, 0.1) is 29.9 Å². The molecule has 1 amide bonds. The van der Waals surface area contributed by atoms with Crippen LogP contribution in [0.25, 0.3) is 28.7 Å². The van der Waals surface area contributed by atoms with Crippen molar-refractivity contribution in [2.45, 2.75) is 6.92 Å². The van der Waals surface area contributed by atoms with Gasteiger partial charge in [0.25, 0.3) is 11.5 Å². The van der Waals surface area contributed by atoms with Crippen molar-refractivity contribution in [3.63, 3.8) is 0 Å². The minimum atomic E-state index is -0.693. The van der Waals surface area contributed by atoms with Gasteiger partial charge in [0.15, 0.2) is 0 Å². The molecule has 2 heterocycles. The third-order valence-corrected chi connectivity index (χ3v) is 6.58. The first-order valence-electron chi connectivity index (χ1n) is 12.5. The number of carbonyl (C=O) groups excluding carboxylic acids is 1. The zero-order valence-electron chi connectivity index (χ0n) is 22.2. The normalized spacial score (nSPS) is 11.2. The topological polar surface area (TPSA) is 107 Å². The van der Waals surface area contributed by atoms with Gasteiger partial charge in [-0.15, -0.1) is 0 Å². The van der Waals surface area contributed by atoms with Crippen LogP contribution in [-0.2, 0) is 11.8 Å². The van der Waals surface area contributed by atoms with Crippen molar-refractivity contribution in [2.24, 2.45) is 7.05 Å². The fourth-order valence-electron chi connectivity index (χ4n) is 4.38. The van der Waals surface area contributed by atoms with Crippen molar-refractivity contribution in [3.05, 3.63) is 118 Å². The third kappa shape index (κ3) is 4.93. The van der Waals surface area contributed by atoms with Crippen LogP contribution in [0.15, 0.2) is 101 Å². The quantitative estimate of drug-likeness (QED) is 0.238. The summed E-state index contributed by atoms with van der Waals surface area (Å²) in [4.78, 5) is 26.6. The molecule has 0 fully saturated rings. The molecule has 40 heavy (non-hydrogen) atoms. The Balaban J connectivity index is 1.54. The molecule has 5 aromatic rings. The van der Waals surface area contributed by atoms with Gasteiger partial charge < -0.3 is 10.1 Å². The van der Waals surface area contributed by atoms with E-state index in [1.165, 1.54) is 10.8 Å². The zero-order valence-corrected chi connectivity index (χ0v) is 22.2. The summed E-state index contributed by atoms with van der Waals surface area (Å²) in [6, 6.07) is 28.0. The number of nitriles is 1. The maximum absolute atomic E-state index is 13.3. The Labute approximate surface area is 230 Å². The minimum Gasteiger partial charge on any atom is -0.497 e. The lowest BCUT2D eigenvalue weighted by atomic mass is 10.1. The van der Waals surface area contributed by atoms with Gasteiger partial charge in [-0.3, -0.25) is 14.3 Å². The van der Waals surface area contributed by atoms with Crippen LogP contribution in [0.3, 0.4) is 0 Å². The highest BCUT2D eigenvalue weighted by molar-refractivity contribution is 6.10. The lowest BCUT2D eigenvalue weighted by Gasteiger charge is -2.07. The van der Waals surface area contributed by atoms with Crippen molar-refractivity contribution in [1.82, 2.24) is 19.1 Å². The van der Waals surface area contributed by atoms with Crippen molar-refractivity contribution in [3.8, 4) is 34.5 Å². The van der Waals surface area contributed by atoms with E-state index in [1.54, 1.807) is 48.8 Å². The number of amides is 1. The summed E-state index contributed by atoms with van der Waals surface area (Å²) in [6.07, 6.45) is 3.24. The lowest BCUT2D eigenvalue weighted by Crippen LogP contribution is -2.23. The van der Waals surface area contributed by atoms with Crippen molar-refractivity contribution >= 4 is 17.7 Å². The number of ether oxygens (including phenoxy) is 1. The van der Waals surface area contributed by atoms with E-state index < -0.39 is 11.5 Å². The van der Waals surface area contributed by atoms with E-state index in [2.05, 4.69) is 5.32 Å². The van der Waals surface area contributed by atoms with Gasteiger partial charge in [-0.2, -0.15) is 10.4 Å². The highest BCUT2D eigenvalue weighted by atomic mass is 16.5. The molecule has 0 aliphatic rings. The largest absolute Gasteiger partial charge is 0.497 e. The maximum atomic E-state index is 13.3. The molecular weight excluding hydrogens is 504 g/mol. The van der Waals surface area contributed by atoms with Gasteiger partial charge in [0, 0.05) is 24.4 Å². The lowest BCUT2D eigenvalue weighted by molar-refractivity contribution is -0.112. The number of benzene rings is 3. The second-order valence-corrected chi connectivity index (χ2v) is 9.00. The van der Waals surface area contributed by atoms with Gasteiger partial charge >= 0.3 is 0 Å². The Kier molecular flexibility index (Phi) is 7.16. The standard InChI is InChI=1S/C31H26N6O3/c1-21-28(31(39)37(35(21)2)26-12-8-5-9-13-26)33-30(38)23(19-32)18-24-20-36(25-10-6-4-7-11-25)34-29(24)22-14-16-27(40-3)17-15-22/h4-18,20H,1-3H3,(H,33,38)/b23-18+. The van der Waals surface area contributed by atoms with Crippen LogP contribution in [0.2, 0.25) is 0 Å². The minimum absolute atomic E-state index is 0.105. The average molecular weight is 531 g/mol. The molecule has 9 heteroatoms. The number of rotatable bonds is 7. The molecule has 3 aromatic carbocycles. The molecule has 0 saturated heterocycles. The monoisotopic (exact) mass is 530 g/mol. The molecule has 0 unspecified atom stereocenters. The van der Waals surface area contributed by atoms with Gasteiger partial charge in [-0.05, 0) is 61.5 Å². The third-order valence-electron chi connectivity index (χ3n) is 6.58. The summed E-state index contributed by atoms with van der Waals surface area (Å²) in [5.41, 5.74) is 3.49. The number of methoxy groups -OCH3 is 1. The van der Waals surface area contributed by atoms with Crippen molar-refractivity contribution < 1.29 is 9.53 Å². The predicted molar refractivity (Wildman–Crippen MR) is 154 cm³/mol. The summed E-state index contributed by atoms with van der Waals surface area (Å²) in [7, 11) is 3.33. The Morgan fingerprint density at radius 1 is 0.975 bits per heavy atom. The summed E-state index contributed by atoms with van der Waals surface area (Å²) in [5, 5.41) is 17.4. The Bertz CT molecular complexity index is 1810. The second kappa shape index (κ2) is 11.0. The number of hydrogen-bond acceptors (Lipinski definition) is 5. The second-order valence-electron chi connectivity index (χ2n) is 9.00. The van der Waals surface area contributed by atoms with E-state index in [0.29, 0.717) is 28.4 Å². The molecule has 0 bridgehead atoms. The number of para-hydroxylation sites is 2. The molecule has 0 aliphatic heterocycles. The average Bonchev–Trinajstić information content (AvgIpc) is 3.51. The molecule has 5 rings (SSSR count). The maximum Gasteiger partial charge on any atom is 0.295 e. The van der Waals surface area contributed by atoms with E-state index in [-0.39, 0.29) is 11.3 Å². The van der Waals surface area contributed by atoms with Crippen molar-refractivity contribution in [2.75, 3.05) is 12.4 Å². The van der Waals surface area contributed by atoms with Crippen LogP contribution in [0.1, 0.15) is 11.3 Å². The van der Waals surface area contributed by atoms with Gasteiger partial charge in [-0.1, -0.05) is 36.4 Å². The van der Waals surface area contributed by atoms with Gasteiger partial charge in [0.1, 0.15) is 23.1 Å². The molecule has 2 aromatic heterocycles. The van der Waals surface area contributed by atoms with Crippen LogP contribution >= 0.6 is 0 Å². The van der Waals surface area contributed by atoms with E-state index in [9.17, 15) is 14.9 Å². The first-order valence-corrected chi connectivity index (χ1v) is 12.5. The molecule has 0 aliphatic carbocycles. The smallest absolute Gasteiger partial charge is 0.295 e. The van der Waals surface area contributed by atoms with Crippen LogP contribution in [0, 0.1) is 18.3 Å². The van der Waals surface area contributed by atoms with E-state index >= 15 is 0 Å². The molecule has 0 atom stereocenters. The highest BCUT2D eigenvalue weighted by Gasteiger charge is 2.21. The first kappa shape index (κ1) is 26.0. The molecule has 0 spiro atoms. The number of nitrogens with one attached hydrogen (secondary N) is 1. The number of carbonyl (C=O) groups is 1. The number of hydrogen-bond donors (Lipinski definition) is 1. The number of aromatic nitrogens is 4. The molecule has 0 saturated carbocycles. The summed E-state index contributed by atoms with van der Waals surface area (Å²) in [5.74, 6) is 0.00136. The van der Waals surface area contributed by atoms with Crippen LogP contribution in [0.5, 0.6) is 5.75 Å². The summed E-state index contributed by atoms with van der Waals surface area (Å²) < 4.78 is 10.1. The summed E-state index contributed by atoms with van der Waals surface area (Å²) >= 11 is 0. The van der Waals surface area contributed by atoms with E-state index in [0.717, 1.165) is 11.3 Å². The van der Waals surface area contributed by atoms with E-state index in [4.69, 9.17) is 9.84 Å². The summed E-state index contributed by atoms with van der Waals surface area (Å²) in [6.45, 7) is 1.73. The van der Waals surface area contributed by atoms with Crippen LogP contribution in [0.4, 0.5) is 5.69 Å². The molecule has 0 radical (unpaired) electrons. The Morgan fingerprint density at radius 3 is 2.20 bits per heavy atom.